The van der Waals surface area contributed by atoms with E-state index >= 15 is 0 Å². The van der Waals surface area contributed by atoms with Crippen molar-refractivity contribution in [1.82, 2.24) is 0 Å². The van der Waals surface area contributed by atoms with Gasteiger partial charge in [0.1, 0.15) is 18.3 Å². The highest BCUT2D eigenvalue weighted by Crippen LogP contribution is 2.45. The highest BCUT2D eigenvalue weighted by molar-refractivity contribution is 5.26. The van der Waals surface area contributed by atoms with Crippen LogP contribution >= 0.6 is 0 Å². The summed E-state index contributed by atoms with van der Waals surface area (Å²) in [6.07, 6.45) is -0.618. The van der Waals surface area contributed by atoms with Crippen molar-refractivity contribution in [3.8, 4) is 0 Å². The monoisotopic (exact) mass is 226 g/mol. The molecule has 0 unspecified atom stereocenters. The minimum atomic E-state index is -0.540. The lowest BCUT2D eigenvalue weighted by atomic mass is 10.0. The van der Waals surface area contributed by atoms with Crippen molar-refractivity contribution in [3.63, 3.8) is 0 Å². The summed E-state index contributed by atoms with van der Waals surface area (Å²) < 4.78 is 5.57. The van der Waals surface area contributed by atoms with Crippen LogP contribution in [-0.2, 0) is 4.74 Å². The van der Waals surface area contributed by atoms with Crippen LogP contribution in [0.3, 0.4) is 0 Å². The Morgan fingerprint density at radius 2 is 1.47 bits per heavy atom. The molecule has 2 aromatic carbocycles. The van der Waals surface area contributed by atoms with Crippen LogP contribution in [0, 0.1) is 0 Å². The van der Waals surface area contributed by atoms with Crippen molar-refractivity contribution in [2.45, 2.75) is 18.3 Å². The molecule has 0 bridgehead atoms. The SMILES string of the molecule is O[C@@H](c1ccccc1)[C@@H]1O[C@@H]1c1ccccc1. The number of aliphatic hydroxyl groups excluding tert-OH is 1. The van der Waals surface area contributed by atoms with Crippen LogP contribution in [0.2, 0.25) is 0 Å². The summed E-state index contributed by atoms with van der Waals surface area (Å²) in [5, 5.41) is 10.2. The molecule has 0 spiro atoms. The highest BCUT2D eigenvalue weighted by Gasteiger charge is 2.45. The summed E-state index contributed by atoms with van der Waals surface area (Å²) in [4.78, 5) is 0. The van der Waals surface area contributed by atoms with Crippen molar-refractivity contribution in [2.75, 3.05) is 0 Å². The van der Waals surface area contributed by atoms with E-state index in [0.717, 1.165) is 11.1 Å². The van der Waals surface area contributed by atoms with E-state index in [0.29, 0.717) is 0 Å². The number of benzene rings is 2. The first-order valence-corrected chi connectivity index (χ1v) is 5.79. The zero-order valence-electron chi connectivity index (χ0n) is 9.36. The van der Waals surface area contributed by atoms with E-state index in [1.165, 1.54) is 0 Å². The van der Waals surface area contributed by atoms with E-state index in [9.17, 15) is 5.11 Å². The quantitative estimate of drug-likeness (QED) is 0.816. The molecular weight excluding hydrogens is 212 g/mol. The summed E-state index contributed by atoms with van der Waals surface area (Å²) in [5.41, 5.74) is 2.04. The average Bonchev–Trinajstić information content (AvgIpc) is 3.20. The number of ether oxygens (including phenoxy) is 1. The van der Waals surface area contributed by atoms with Gasteiger partial charge in [0.2, 0.25) is 0 Å². The minimum absolute atomic E-state index is 0.0337. The summed E-state index contributed by atoms with van der Waals surface area (Å²) >= 11 is 0. The van der Waals surface area contributed by atoms with Crippen LogP contribution in [0.25, 0.3) is 0 Å². The van der Waals surface area contributed by atoms with Gasteiger partial charge in [0, 0.05) is 0 Å². The summed E-state index contributed by atoms with van der Waals surface area (Å²) in [5.74, 6) is 0. The lowest BCUT2D eigenvalue weighted by molar-refractivity contribution is 0.137. The van der Waals surface area contributed by atoms with Gasteiger partial charge in [-0.05, 0) is 11.1 Å². The number of epoxide rings is 1. The number of hydrogen-bond acceptors (Lipinski definition) is 2. The highest BCUT2D eigenvalue weighted by atomic mass is 16.6. The summed E-state index contributed by atoms with van der Waals surface area (Å²) in [7, 11) is 0. The molecule has 0 amide bonds. The molecule has 3 rings (SSSR count). The van der Waals surface area contributed by atoms with Gasteiger partial charge in [-0.3, -0.25) is 0 Å². The van der Waals surface area contributed by atoms with Crippen molar-refractivity contribution in [1.29, 1.82) is 0 Å². The molecule has 1 N–H and O–H groups in total. The minimum Gasteiger partial charge on any atom is -0.386 e. The molecule has 2 aromatic rings. The van der Waals surface area contributed by atoms with Crippen LogP contribution in [0.1, 0.15) is 23.3 Å². The van der Waals surface area contributed by atoms with Gasteiger partial charge in [0.25, 0.3) is 0 Å². The molecule has 17 heavy (non-hydrogen) atoms. The van der Waals surface area contributed by atoms with Gasteiger partial charge in [-0.2, -0.15) is 0 Å². The lowest BCUT2D eigenvalue weighted by Gasteiger charge is -2.07. The van der Waals surface area contributed by atoms with Crippen LogP contribution in [0.15, 0.2) is 60.7 Å². The van der Waals surface area contributed by atoms with Crippen LogP contribution in [0.4, 0.5) is 0 Å². The van der Waals surface area contributed by atoms with Crippen LogP contribution in [-0.4, -0.2) is 11.2 Å². The van der Waals surface area contributed by atoms with E-state index in [-0.39, 0.29) is 12.2 Å². The normalized spacial score (nSPS) is 24.3. The fourth-order valence-corrected chi connectivity index (χ4v) is 2.11. The van der Waals surface area contributed by atoms with Gasteiger partial charge in [0.15, 0.2) is 0 Å². The maximum atomic E-state index is 10.2. The molecule has 1 saturated heterocycles. The molecule has 0 aliphatic carbocycles. The molecule has 0 saturated carbocycles. The number of rotatable bonds is 3. The molecule has 0 aromatic heterocycles. The molecule has 86 valence electrons. The van der Waals surface area contributed by atoms with Crippen LogP contribution < -0.4 is 0 Å². The van der Waals surface area contributed by atoms with Gasteiger partial charge >= 0.3 is 0 Å². The second-order valence-electron chi connectivity index (χ2n) is 4.29. The van der Waals surface area contributed by atoms with Gasteiger partial charge in [-0.25, -0.2) is 0 Å². The molecule has 3 atom stereocenters. The third-order valence-electron chi connectivity index (χ3n) is 3.11. The van der Waals surface area contributed by atoms with E-state index in [2.05, 4.69) is 0 Å². The molecule has 1 heterocycles. The first-order valence-electron chi connectivity index (χ1n) is 5.79. The van der Waals surface area contributed by atoms with Gasteiger partial charge in [-0.15, -0.1) is 0 Å². The third kappa shape index (κ3) is 2.09. The standard InChI is InChI=1S/C15H14O2/c16-13(11-7-3-1-4-8-11)15-14(17-15)12-9-5-2-6-10-12/h1-10,13-16H/t13-,14+,15-/m0/s1. The van der Waals surface area contributed by atoms with Crippen molar-refractivity contribution in [2.24, 2.45) is 0 Å². The Bertz CT molecular complexity index is 481. The fourth-order valence-electron chi connectivity index (χ4n) is 2.11. The lowest BCUT2D eigenvalue weighted by Crippen LogP contribution is -2.05. The third-order valence-corrected chi connectivity index (χ3v) is 3.11. The smallest absolute Gasteiger partial charge is 0.119 e. The topological polar surface area (TPSA) is 32.8 Å². The average molecular weight is 226 g/mol. The Kier molecular flexibility index (Phi) is 2.67. The summed E-state index contributed by atoms with van der Waals surface area (Å²) in [6.45, 7) is 0. The number of hydrogen-bond donors (Lipinski definition) is 1. The second kappa shape index (κ2) is 4.32. The molecule has 1 fully saturated rings. The van der Waals surface area contributed by atoms with Crippen LogP contribution in [0.5, 0.6) is 0 Å². The van der Waals surface area contributed by atoms with E-state index in [4.69, 9.17) is 4.74 Å². The number of aliphatic hydroxyl groups is 1. The predicted molar refractivity (Wildman–Crippen MR) is 65.5 cm³/mol. The molecule has 2 heteroatoms. The Balaban J connectivity index is 1.73. The van der Waals surface area contributed by atoms with Crippen molar-refractivity contribution < 1.29 is 9.84 Å². The molecule has 2 nitrogen and oxygen atoms in total. The fraction of sp³-hybridized carbons (Fsp3) is 0.200. The second-order valence-corrected chi connectivity index (χ2v) is 4.29. The largest absolute Gasteiger partial charge is 0.386 e. The molecule has 1 aliphatic rings. The van der Waals surface area contributed by atoms with Gasteiger partial charge in [0.05, 0.1) is 0 Å². The van der Waals surface area contributed by atoms with E-state index in [1.54, 1.807) is 0 Å². The molecular formula is C15H14O2. The van der Waals surface area contributed by atoms with Crippen molar-refractivity contribution >= 4 is 0 Å². The van der Waals surface area contributed by atoms with E-state index < -0.39 is 6.10 Å². The Morgan fingerprint density at radius 1 is 0.882 bits per heavy atom. The Labute approximate surface area is 100 Å². The zero-order valence-corrected chi connectivity index (χ0v) is 9.36. The van der Waals surface area contributed by atoms with Gasteiger partial charge < -0.3 is 9.84 Å². The zero-order chi connectivity index (χ0) is 11.7. The first-order chi connectivity index (χ1) is 8.36. The summed E-state index contributed by atoms with van der Waals surface area (Å²) in [6, 6.07) is 19.7. The Hall–Kier alpha value is -1.64. The molecule has 1 aliphatic heterocycles. The van der Waals surface area contributed by atoms with Crippen molar-refractivity contribution in [3.05, 3.63) is 71.8 Å². The maximum Gasteiger partial charge on any atom is 0.119 e. The molecule has 0 radical (unpaired) electrons. The van der Waals surface area contributed by atoms with Gasteiger partial charge in [-0.1, -0.05) is 60.7 Å². The predicted octanol–water partition coefficient (Wildman–Crippen LogP) is 2.86. The van der Waals surface area contributed by atoms with E-state index in [1.807, 2.05) is 60.7 Å². The first kappa shape index (κ1) is 10.5. The maximum absolute atomic E-state index is 10.2. The Morgan fingerprint density at radius 3 is 2.12 bits per heavy atom.